The van der Waals surface area contributed by atoms with Crippen LogP contribution in [-0.2, 0) is 11.3 Å². The van der Waals surface area contributed by atoms with E-state index in [1.54, 1.807) is 30.0 Å². The fourth-order valence-corrected chi connectivity index (χ4v) is 2.69. The highest BCUT2D eigenvalue weighted by Crippen LogP contribution is 2.23. The lowest BCUT2D eigenvalue weighted by Crippen LogP contribution is -2.29. The molecule has 0 heterocycles. The number of nitrogens with zero attached hydrogens (tertiary/aromatic N) is 1. The minimum atomic E-state index is -0.00298. The van der Waals surface area contributed by atoms with Gasteiger partial charge in [-0.3, -0.25) is 9.59 Å². The Morgan fingerprint density at radius 2 is 1.71 bits per heavy atom. The van der Waals surface area contributed by atoms with Crippen LogP contribution >= 0.6 is 23.2 Å². The molecule has 0 aromatic heterocycles. The summed E-state index contributed by atoms with van der Waals surface area (Å²) < 4.78 is 0. The summed E-state index contributed by atoms with van der Waals surface area (Å²) in [7, 11) is 0. The zero-order valence-corrected chi connectivity index (χ0v) is 15.0. The Bertz CT molecular complexity index is 717. The van der Waals surface area contributed by atoms with Gasteiger partial charge in [0.2, 0.25) is 5.91 Å². The second kappa shape index (κ2) is 8.86. The molecule has 0 saturated carbocycles. The van der Waals surface area contributed by atoms with Crippen LogP contribution in [0.3, 0.4) is 0 Å². The molecule has 2 aromatic rings. The summed E-state index contributed by atoms with van der Waals surface area (Å²) in [6.07, 6.45) is 0.960. The number of amides is 1. The zero-order valence-electron chi connectivity index (χ0n) is 13.5. The van der Waals surface area contributed by atoms with Crippen molar-refractivity contribution in [3.63, 3.8) is 0 Å². The van der Waals surface area contributed by atoms with Crippen molar-refractivity contribution in [2.24, 2.45) is 0 Å². The maximum absolute atomic E-state index is 12.2. The van der Waals surface area contributed by atoms with E-state index in [-0.39, 0.29) is 11.7 Å². The Hall–Kier alpha value is -1.84. The van der Waals surface area contributed by atoms with Gasteiger partial charge in [0.15, 0.2) is 5.78 Å². The molecule has 5 heteroatoms. The van der Waals surface area contributed by atoms with Crippen molar-refractivity contribution in [1.29, 1.82) is 0 Å². The Morgan fingerprint density at radius 3 is 2.33 bits per heavy atom. The third-order valence-electron chi connectivity index (χ3n) is 3.74. The first kappa shape index (κ1) is 18.5. The third kappa shape index (κ3) is 5.36. The molecule has 0 N–H and O–H groups in total. The molecule has 0 fully saturated rings. The van der Waals surface area contributed by atoms with Crippen molar-refractivity contribution >= 4 is 34.9 Å². The molecule has 0 saturated heterocycles. The molecule has 0 radical (unpaired) electrons. The van der Waals surface area contributed by atoms with E-state index < -0.39 is 0 Å². The van der Waals surface area contributed by atoms with Crippen LogP contribution in [-0.4, -0.2) is 23.1 Å². The van der Waals surface area contributed by atoms with Crippen LogP contribution in [0.5, 0.6) is 0 Å². The van der Waals surface area contributed by atoms with Gasteiger partial charge in [-0.15, -0.1) is 0 Å². The van der Waals surface area contributed by atoms with Gasteiger partial charge in [0, 0.05) is 32.0 Å². The van der Waals surface area contributed by atoms with Crippen LogP contribution in [0.4, 0.5) is 0 Å². The van der Waals surface area contributed by atoms with Crippen LogP contribution in [0.15, 0.2) is 48.5 Å². The summed E-state index contributed by atoms with van der Waals surface area (Å²) >= 11 is 11.8. The van der Waals surface area contributed by atoms with Crippen molar-refractivity contribution in [1.82, 2.24) is 4.90 Å². The maximum Gasteiger partial charge on any atom is 0.219 e. The van der Waals surface area contributed by atoms with Crippen LogP contribution in [0.25, 0.3) is 0 Å². The predicted molar refractivity (Wildman–Crippen MR) is 97.6 cm³/mol. The van der Waals surface area contributed by atoms with E-state index >= 15 is 0 Å². The molecule has 0 aliphatic heterocycles. The molecule has 0 unspecified atom stereocenters. The van der Waals surface area contributed by atoms with Gasteiger partial charge < -0.3 is 4.90 Å². The summed E-state index contributed by atoms with van der Waals surface area (Å²) in [4.78, 5) is 25.7. The van der Waals surface area contributed by atoms with Gasteiger partial charge in [-0.25, -0.2) is 0 Å². The Labute approximate surface area is 152 Å². The number of hydrogen-bond donors (Lipinski definition) is 0. The Kier molecular flexibility index (Phi) is 6.83. The van der Waals surface area contributed by atoms with Gasteiger partial charge >= 0.3 is 0 Å². The summed E-state index contributed by atoms with van der Waals surface area (Å²) in [6, 6.07) is 14.7. The molecule has 0 spiro atoms. The smallest absolute Gasteiger partial charge is 0.219 e. The number of benzene rings is 2. The molecule has 0 aliphatic carbocycles. The number of ketones is 1. The Morgan fingerprint density at radius 1 is 1.00 bits per heavy atom. The van der Waals surface area contributed by atoms with E-state index in [2.05, 4.69) is 0 Å². The maximum atomic E-state index is 12.2. The quantitative estimate of drug-likeness (QED) is 0.648. The SMILES string of the molecule is CC(=O)N(CCCC(=O)c1ccc(Cl)c(Cl)c1)Cc1ccccc1. The van der Waals surface area contributed by atoms with Gasteiger partial charge in [-0.2, -0.15) is 0 Å². The highest BCUT2D eigenvalue weighted by atomic mass is 35.5. The predicted octanol–water partition coefficient (Wildman–Crippen LogP) is 5.01. The fourth-order valence-electron chi connectivity index (χ4n) is 2.40. The number of rotatable bonds is 7. The van der Waals surface area contributed by atoms with Gasteiger partial charge in [0.25, 0.3) is 0 Å². The van der Waals surface area contributed by atoms with Crippen molar-refractivity contribution < 1.29 is 9.59 Å². The molecule has 0 aliphatic rings. The molecule has 3 nitrogen and oxygen atoms in total. The highest BCUT2D eigenvalue weighted by molar-refractivity contribution is 6.42. The summed E-state index contributed by atoms with van der Waals surface area (Å²) in [6.45, 7) is 2.64. The van der Waals surface area contributed by atoms with E-state index in [0.717, 1.165) is 5.56 Å². The van der Waals surface area contributed by atoms with Crippen molar-refractivity contribution in [2.45, 2.75) is 26.3 Å². The summed E-state index contributed by atoms with van der Waals surface area (Å²) in [5.41, 5.74) is 1.62. The van der Waals surface area contributed by atoms with Gasteiger partial charge in [-0.1, -0.05) is 53.5 Å². The molecule has 2 rings (SSSR count). The molecule has 0 bridgehead atoms. The Balaban J connectivity index is 1.89. The van der Waals surface area contributed by atoms with Crippen molar-refractivity contribution in [3.05, 3.63) is 69.7 Å². The van der Waals surface area contributed by atoms with E-state index in [1.807, 2.05) is 30.3 Å². The molecule has 0 atom stereocenters. The zero-order chi connectivity index (χ0) is 17.5. The first-order chi connectivity index (χ1) is 11.5. The minimum Gasteiger partial charge on any atom is -0.339 e. The highest BCUT2D eigenvalue weighted by Gasteiger charge is 2.12. The molecular formula is C19H19Cl2NO2. The molecule has 24 heavy (non-hydrogen) atoms. The average molecular weight is 364 g/mol. The van der Waals surface area contributed by atoms with Crippen LogP contribution in [0.1, 0.15) is 35.7 Å². The molecule has 1 amide bonds. The normalized spacial score (nSPS) is 10.5. The second-order valence-electron chi connectivity index (χ2n) is 5.58. The molecule has 126 valence electrons. The number of Topliss-reactive ketones (excluding diaryl/α,β-unsaturated/α-hetero) is 1. The van der Waals surface area contributed by atoms with E-state index in [4.69, 9.17) is 23.2 Å². The topological polar surface area (TPSA) is 37.4 Å². The first-order valence-corrected chi connectivity index (χ1v) is 8.50. The number of carbonyl (C=O) groups excluding carboxylic acids is 2. The van der Waals surface area contributed by atoms with Gasteiger partial charge in [-0.05, 0) is 30.2 Å². The van der Waals surface area contributed by atoms with E-state index in [1.165, 1.54) is 0 Å². The van der Waals surface area contributed by atoms with Crippen LogP contribution < -0.4 is 0 Å². The van der Waals surface area contributed by atoms with E-state index in [9.17, 15) is 9.59 Å². The molecular weight excluding hydrogens is 345 g/mol. The second-order valence-corrected chi connectivity index (χ2v) is 6.40. The third-order valence-corrected chi connectivity index (χ3v) is 4.47. The lowest BCUT2D eigenvalue weighted by molar-refractivity contribution is -0.129. The summed E-state index contributed by atoms with van der Waals surface area (Å²) in [5, 5.41) is 0.802. The number of carbonyl (C=O) groups is 2. The standard InChI is InChI=1S/C19H19Cl2NO2/c1-14(23)22(13-15-6-3-2-4-7-15)11-5-8-19(24)16-9-10-17(20)18(21)12-16/h2-4,6-7,9-10,12H,5,8,11,13H2,1H3. The van der Waals surface area contributed by atoms with Crippen LogP contribution in [0, 0.1) is 0 Å². The lowest BCUT2D eigenvalue weighted by Gasteiger charge is -2.21. The fraction of sp³-hybridized carbons (Fsp3) is 0.263. The minimum absolute atomic E-state index is 0.000777. The monoisotopic (exact) mass is 363 g/mol. The first-order valence-electron chi connectivity index (χ1n) is 7.75. The largest absolute Gasteiger partial charge is 0.339 e. The average Bonchev–Trinajstić information content (AvgIpc) is 2.57. The van der Waals surface area contributed by atoms with Crippen LogP contribution in [0.2, 0.25) is 10.0 Å². The molecule has 2 aromatic carbocycles. The van der Waals surface area contributed by atoms with Crippen molar-refractivity contribution in [2.75, 3.05) is 6.54 Å². The summed E-state index contributed by atoms with van der Waals surface area (Å²) in [5.74, 6) is -0.00220. The number of hydrogen-bond acceptors (Lipinski definition) is 2. The van der Waals surface area contributed by atoms with Gasteiger partial charge in [0.1, 0.15) is 0 Å². The number of halogens is 2. The van der Waals surface area contributed by atoms with Crippen molar-refractivity contribution in [3.8, 4) is 0 Å². The van der Waals surface area contributed by atoms with Gasteiger partial charge in [0.05, 0.1) is 10.0 Å². The lowest BCUT2D eigenvalue weighted by atomic mass is 10.1. The van der Waals surface area contributed by atoms with E-state index in [0.29, 0.717) is 41.5 Å².